The van der Waals surface area contributed by atoms with E-state index in [1.54, 1.807) is 0 Å². The molecular formula is C11H13ClN4. The molecule has 16 heavy (non-hydrogen) atoms. The molecule has 0 atom stereocenters. The van der Waals surface area contributed by atoms with Gasteiger partial charge in [-0.05, 0) is 12.1 Å². The van der Waals surface area contributed by atoms with Crippen LogP contribution in [0, 0.1) is 0 Å². The second kappa shape index (κ2) is 5.32. The number of anilines is 3. The summed E-state index contributed by atoms with van der Waals surface area (Å²) in [6.45, 7) is 0. The van der Waals surface area contributed by atoms with Gasteiger partial charge in [0.1, 0.15) is 5.02 Å². The highest BCUT2D eigenvalue weighted by Crippen LogP contribution is 2.22. The number of aromatic nitrogens is 2. The molecule has 0 saturated carbocycles. The Labute approximate surface area is 99.5 Å². The second-order valence-corrected chi connectivity index (χ2v) is 3.32. The number of rotatable bonds is 2. The number of halogens is 1. The van der Waals surface area contributed by atoms with E-state index in [1.165, 1.54) is 6.20 Å². The maximum Gasteiger partial charge on any atom is 0.222 e. The highest BCUT2D eigenvalue weighted by Gasteiger charge is 2.03. The minimum absolute atomic E-state index is 0. The van der Waals surface area contributed by atoms with E-state index < -0.39 is 0 Å². The van der Waals surface area contributed by atoms with Crippen LogP contribution in [-0.4, -0.2) is 9.97 Å². The highest BCUT2D eigenvalue weighted by atomic mass is 35.5. The van der Waals surface area contributed by atoms with Crippen molar-refractivity contribution in [3.63, 3.8) is 0 Å². The normalized spacial score (nSPS) is 9.31. The van der Waals surface area contributed by atoms with Crippen LogP contribution in [0.2, 0.25) is 5.02 Å². The zero-order valence-electron chi connectivity index (χ0n) is 7.81. The largest absolute Gasteiger partial charge is 0.368 e. The molecule has 1 aromatic carbocycles. The zero-order chi connectivity index (χ0) is 10.7. The van der Waals surface area contributed by atoms with Gasteiger partial charge in [-0.3, -0.25) is 0 Å². The third kappa shape index (κ3) is 2.84. The van der Waals surface area contributed by atoms with Crippen LogP contribution in [0.1, 0.15) is 7.43 Å². The number of nitrogen functional groups attached to an aromatic ring is 1. The molecule has 4 nitrogen and oxygen atoms in total. The molecule has 1 aromatic heterocycles. The van der Waals surface area contributed by atoms with Gasteiger partial charge in [-0.25, -0.2) is 4.98 Å². The van der Waals surface area contributed by atoms with Crippen molar-refractivity contribution < 1.29 is 0 Å². The van der Waals surface area contributed by atoms with Gasteiger partial charge in [0.2, 0.25) is 5.95 Å². The Bertz CT molecular complexity index is 459. The summed E-state index contributed by atoms with van der Waals surface area (Å²) in [5, 5.41) is 3.49. The Balaban J connectivity index is 0.00000128. The summed E-state index contributed by atoms with van der Waals surface area (Å²) < 4.78 is 0. The van der Waals surface area contributed by atoms with E-state index in [0.717, 1.165) is 5.69 Å². The van der Waals surface area contributed by atoms with E-state index in [4.69, 9.17) is 17.3 Å². The van der Waals surface area contributed by atoms with Crippen molar-refractivity contribution in [1.82, 2.24) is 9.97 Å². The Hall–Kier alpha value is -1.81. The molecule has 0 unspecified atom stereocenters. The Morgan fingerprint density at radius 3 is 2.56 bits per heavy atom. The van der Waals surface area contributed by atoms with Crippen LogP contribution in [0.5, 0.6) is 0 Å². The SMILES string of the molecule is C.Nc1ncc(Cl)c(Nc2ccccc2)n1. The van der Waals surface area contributed by atoms with E-state index in [2.05, 4.69) is 15.3 Å². The number of para-hydroxylation sites is 1. The van der Waals surface area contributed by atoms with Crippen molar-refractivity contribution in [2.24, 2.45) is 0 Å². The smallest absolute Gasteiger partial charge is 0.222 e. The number of hydrogen-bond acceptors (Lipinski definition) is 4. The van der Waals surface area contributed by atoms with E-state index in [0.29, 0.717) is 10.8 Å². The molecule has 0 amide bonds. The standard InChI is InChI=1S/C10H9ClN4.CH4/c11-8-6-13-10(12)15-9(8)14-7-4-2-1-3-5-7;/h1-6H,(H3,12,13,14,15);1H4. The first-order valence-electron chi connectivity index (χ1n) is 4.36. The van der Waals surface area contributed by atoms with Crippen LogP contribution < -0.4 is 11.1 Å². The summed E-state index contributed by atoms with van der Waals surface area (Å²) in [6, 6.07) is 9.59. The number of nitrogens with two attached hydrogens (primary N) is 1. The van der Waals surface area contributed by atoms with Crippen LogP contribution in [-0.2, 0) is 0 Å². The van der Waals surface area contributed by atoms with Crippen molar-refractivity contribution in [2.75, 3.05) is 11.1 Å². The van der Waals surface area contributed by atoms with Crippen molar-refractivity contribution in [3.05, 3.63) is 41.6 Å². The molecule has 0 radical (unpaired) electrons. The number of nitrogens with one attached hydrogen (secondary N) is 1. The molecule has 84 valence electrons. The van der Waals surface area contributed by atoms with E-state index in [9.17, 15) is 0 Å². The van der Waals surface area contributed by atoms with Gasteiger partial charge in [-0.2, -0.15) is 4.98 Å². The summed E-state index contributed by atoms with van der Waals surface area (Å²) in [5.41, 5.74) is 6.36. The average Bonchev–Trinajstić information content (AvgIpc) is 2.25. The fourth-order valence-electron chi connectivity index (χ4n) is 1.13. The average molecular weight is 237 g/mol. The highest BCUT2D eigenvalue weighted by molar-refractivity contribution is 6.32. The third-order valence-electron chi connectivity index (χ3n) is 1.80. The molecule has 0 aliphatic rings. The quantitative estimate of drug-likeness (QED) is 0.841. The fraction of sp³-hybridized carbons (Fsp3) is 0.0909. The monoisotopic (exact) mass is 236 g/mol. The Morgan fingerprint density at radius 1 is 1.19 bits per heavy atom. The van der Waals surface area contributed by atoms with Gasteiger partial charge in [-0.15, -0.1) is 0 Å². The number of nitrogens with zero attached hydrogens (tertiary/aromatic N) is 2. The third-order valence-corrected chi connectivity index (χ3v) is 2.08. The maximum absolute atomic E-state index is 5.90. The van der Waals surface area contributed by atoms with Gasteiger partial charge in [0, 0.05) is 5.69 Å². The minimum Gasteiger partial charge on any atom is -0.368 e. The molecular weight excluding hydrogens is 224 g/mol. The van der Waals surface area contributed by atoms with Crippen molar-refractivity contribution in [3.8, 4) is 0 Å². The van der Waals surface area contributed by atoms with Gasteiger partial charge in [0.15, 0.2) is 5.82 Å². The molecule has 3 N–H and O–H groups in total. The molecule has 0 spiro atoms. The van der Waals surface area contributed by atoms with E-state index >= 15 is 0 Å². The summed E-state index contributed by atoms with van der Waals surface area (Å²) in [5.74, 6) is 0.702. The first-order chi connectivity index (χ1) is 7.25. The van der Waals surface area contributed by atoms with Crippen LogP contribution in [0.15, 0.2) is 36.5 Å². The van der Waals surface area contributed by atoms with Gasteiger partial charge in [0.05, 0.1) is 6.20 Å². The molecule has 0 fully saturated rings. The van der Waals surface area contributed by atoms with Crippen LogP contribution in [0.25, 0.3) is 0 Å². The van der Waals surface area contributed by atoms with E-state index in [-0.39, 0.29) is 13.4 Å². The minimum atomic E-state index is 0. The molecule has 0 bridgehead atoms. The Kier molecular flexibility index (Phi) is 4.08. The first kappa shape index (κ1) is 12.3. The molecule has 0 aliphatic carbocycles. The molecule has 5 heteroatoms. The number of benzene rings is 1. The van der Waals surface area contributed by atoms with Gasteiger partial charge >= 0.3 is 0 Å². The maximum atomic E-state index is 5.90. The predicted octanol–water partition coefficient (Wildman–Crippen LogP) is 3.09. The van der Waals surface area contributed by atoms with Gasteiger partial charge in [0.25, 0.3) is 0 Å². The topological polar surface area (TPSA) is 63.8 Å². The lowest BCUT2D eigenvalue weighted by Crippen LogP contribution is -2.00. The lowest BCUT2D eigenvalue weighted by atomic mass is 10.3. The fourth-order valence-corrected chi connectivity index (χ4v) is 1.26. The van der Waals surface area contributed by atoms with Crippen LogP contribution in [0.4, 0.5) is 17.5 Å². The lowest BCUT2D eigenvalue weighted by molar-refractivity contribution is 1.18. The van der Waals surface area contributed by atoms with Crippen molar-refractivity contribution in [2.45, 2.75) is 7.43 Å². The molecule has 2 aromatic rings. The lowest BCUT2D eigenvalue weighted by Gasteiger charge is -2.06. The summed E-state index contributed by atoms with van der Waals surface area (Å²) >= 11 is 5.90. The molecule has 0 saturated heterocycles. The first-order valence-corrected chi connectivity index (χ1v) is 4.73. The summed E-state index contributed by atoms with van der Waals surface area (Å²) in [6.07, 6.45) is 1.47. The zero-order valence-corrected chi connectivity index (χ0v) is 8.57. The summed E-state index contributed by atoms with van der Waals surface area (Å²) in [4.78, 5) is 7.77. The molecule has 0 aliphatic heterocycles. The molecule has 2 rings (SSSR count). The van der Waals surface area contributed by atoms with Gasteiger partial charge < -0.3 is 11.1 Å². The van der Waals surface area contributed by atoms with Crippen LogP contribution >= 0.6 is 11.6 Å². The predicted molar refractivity (Wildman–Crippen MR) is 67.9 cm³/mol. The Morgan fingerprint density at radius 2 is 1.88 bits per heavy atom. The second-order valence-electron chi connectivity index (χ2n) is 2.92. The summed E-state index contributed by atoms with van der Waals surface area (Å²) in [7, 11) is 0. The van der Waals surface area contributed by atoms with Gasteiger partial charge in [-0.1, -0.05) is 37.2 Å². The van der Waals surface area contributed by atoms with E-state index in [1.807, 2.05) is 30.3 Å². The van der Waals surface area contributed by atoms with Crippen molar-refractivity contribution >= 4 is 29.1 Å². The van der Waals surface area contributed by atoms with Crippen LogP contribution in [0.3, 0.4) is 0 Å². The number of hydrogen-bond donors (Lipinski definition) is 2. The van der Waals surface area contributed by atoms with Crippen molar-refractivity contribution in [1.29, 1.82) is 0 Å². The molecule has 1 heterocycles.